The van der Waals surface area contributed by atoms with Crippen molar-refractivity contribution in [2.24, 2.45) is 0 Å². The highest BCUT2D eigenvalue weighted by Gasteiger charge is 2.12. The quantitative estimate of drug-likeness (QED) is 0.589. The monoisotopic (exact) mass is 380 g/mol. The highest BCUT2D eigenvalue weighted by molar-refractivity contribution is 9.10. The van der Waals surface area contributed by atoms with Crippen LogP contribution in [0.15, 0.2) is 46.5 Å². The van der Waals surface area contributed by atoms with E-state index in [0.29, 0.717) is 6.54 Å². The summed E-state index contributed by atoms with van der Waals surface area (Å²) in [5.41, 5.74) is 0.766. The Morgan fingerprint density at radius 2 is 2.32 bits per heavy atom. The first-order valence-electron chi connectivity index (χ1n) is 6.85. The Morgan fingerprint density at radius 3 is 3.00 bits per heavy atom. The van der Waals surface area contributed by atoms with E-state index in [1.807, 2.05) is 35.8 Å². The van der Waals surface area contributed by atoms with Crippen LogP contribution in [-0.2, 0) is 17.8 Å². The van der Waals surface area contributed by atoms with Gasteiger partial charge in [0.15, 0.2) is 5.16 Å². The zero-order valence-electron chi connectivity index (χ0n) is 12.3. The van der Waals surface area contributed by atoms with Crippen molar-refractivity contribution in [1.82, 2.24) is 14.8 Å². The van der Waals surface area contributed by atoms with E-state index < -0.39 is 0 Å². The van der Waals surface area contributed by atoms with Crippen molar-refractivity contribution in [3.8, 4) is 0 Å². The van der Waals surface area contributed by atoms with Crippen molar-refractivity contribution >= 4 is 39.3 Å². The molecule has 0 aliphatic heterocycles. The Hall–Kier alpha value is -1.60. The summed E-state index contributed by atoms with van der Waals surface area (Å²) in [5, 5.41) is 11.9. The zero-order valence-corrected chi connectivity index (χ0v) is 14.7. The van der Waals surface area contributed by atoms with Crippen LogP contribution in [0, 0.1) is 0 Å². The van der Waals surface area contributed by atoms with Crippen LogP contribution in [0.2, 0.25) is 0 Å². The molecule has 0 aliphatic carbocycles. The molecule has 2 rings (SSSR count). The number of thioether (sulfide) groups is 1. The minimum Gasteiger partial charge on any atom is -0.325 e. The van der Waals surface area contributed by atoms with Crippen molar-refractivity contribution in [3.63, 3.8) is 0 Å². The molecule has 22 heavy (non-hydrogen) atoms. The second kappa shape index (κ2) is 8.14. The molecule has 0 saturated carbocycles. The molecule has 0 fully saturated rings. The molecule has 1 aromatic heterocycles. The van der Waals surface area contributed by atoms with Gasteiger partial charge in [0, 0.05) is 23.1 Å². The van der Waals surface area contributed by atoms with E-state index in [9.17, 15) is 4.79 Å². The highest BCUT2D eigenvalue weighted by atomic mass is 79.9. The molecule has 0 atom stereocenters. The van der Waals surface area contributed by atoms with Gasteiger partial charge in [0.1, 0.15) is 5.82 Å². The molecule has 2 aromatic rings. The first kappa shape index (κ1) is 16.8. The fourth-order valence-corrected chi connectivity index (χ4v) is 3.06. The fraction of sp³-hybridized carbons (Fsp3) is 0.267. The van der Waals surface area contributed by atoms with E-state index in [4.69, 9.17) is 0 Å². The van der Waals surface area contributed by atoms with E-state index in [-0.39, 0.29) is 11.7 Å². The van der Waals surface area contributed by atoms with E-state index >= 15 is 0 Å². The number of carbonyl (C=O) groups is 1. The van der Waals surface area contributed by atoms with Crippen LogP contribution >= 0.6 is 27.7 Å². The summed E-state index contributed by atoms with van der Waals surface area (Å²) in [5.74, 6) is 1.11. The van der Waals surface area contributed by atoms with Crippen molar-refractivity contribution in [2.75, 3.05) is 11.1 Å². The molecule has 0 radical (unpaired) electrons. The lowest BCUT2D eigenvalue weighted by Gasteiger charge is -2.07. The predicted molar refractivity (Wildman–Crippen MR) is 93.1 cm³/mol. The normalized spacial score (nSPS) is 10.5. The fourth-order valence-electron chi connectivity index (χ4n) is 1.89. The summed E-state index contributed by atoms with van der Waals surface area (Å²) >= 11 is 4.75. The SMILES string of the molecule is C=CCn1c(CC)nnc1SCC(=O)Nc1cccc(Br)c1. The molecule has 0 bridgehead atoms. The summed E-state index contributed by atoms with van der Waals surface area (Å²) in [6.45, 7) is 6.41. The standard InChI is InChI=1S/C15H17BrN4OS/c1-3-8-20-13(4-2)18-19-15(20)22-10-14(21)17-12-7-5-6-11(16)9-12/h3,5-7,9H,1,4,8,10H2,2H3,(H,17,21). The van der Waals surface area contributed by atoms with Gasteiger partial charge < -0.3 is 9.88 Å². The molecule has 0 aliphatic rings. The topological polar surface area (TPSA) is 59.8 Å². The third kappa shape index (κ3) is 4.45. The van der Waals surface area contributed by atoms with Gasteiger partial charge in [0.05, 0.1) is 5.75 Å². The number of benzene rings is 1. The number of hydrogen-bond donors (Lipinski definition) is 1. The smallest absolute Gasteiger partial charge is 0.234 e. The molecule has 0 unspecified atom stereocenters. The van der Waals surface area contributed by atoms with Crippen molar-refractivity contribution < 1.29 is 4.79 Å². The van der Waals surface area contributed by atoms with Crippen LogP contribution in [0.4, 0.5) is 5.69 Å². The molecular weight excluding hydrogens is 364 g/mol. The van der Waals surface area contributed by atoms with E-state index in [2.05, 4.69) is 38.0 Å². The molecule has 1 N–H and O–H groups in total. The van der Waals surface area contributed by atoms with Crippen molar-refractivity contribution in [1.29, 1.82) is 0 Å². The molecule has 1 heterocycles. The maximum absolute atomic E-state index is 12.0. The van der Waals surface area contributed by atoms with E-state index in [1.165, 1.54) is 11.8 Å². The molecule has 0 spiro atoms. The number of allylic oxidation sites excluding steroid dienone is 1. The van der Waals surface area contributed by atoms with Gasteiger partial charge >= 0.3 is 0 Å². The minimum atomic E-state index is -0.0747. The number of nitrogens with zero attached hydrogens (tertiary/aromatic N) is 3. The number of rotatable bonds is 7. The first-order chi connectivity index (χ1) is 10.6. The van der Waals surface area contributed by atoms with Crippen molar-refractivity contribution in [3.05, 3.63) is 47.2 Å². The summed E-state index contributed by atoms with van der Waals surface area (Å²) in [6.07, 6.45) is 2.60. The number of amides is 1. The van der Waals surface area contributed by atoms with Crippen LogP contribution in [0.1, 0.15) is 12.7 Å². The summed E-state index contributed by atoms with van der Waals surface area (Å²) in [4.78, 5) is 12.0. The molecule has 5 nitrogen and oxygen atoms in total. The number of nitrogens with one attached hydrogen (secondary N) is 1. The average molecular weight is 381 g/mol. The number of halogens is 1. The second-order valence-corrected chi connectivity index (χ2v) is 6.36. The van der Waals surface area contributed by atoms with Gasteiger partial charge in [0.2, 0.25) is 5.91 Å². The first-order valence-corrected chi connectivity index (χ1v) is 8.63. The van der Waals surface area contributed by atoms with Gasteiger partial charge in [-0.25, -0.2) is 0 Å². The van der Waals surface area contributed by atoms with Gasteiger partial charge in [0.25, 0.3) is 0 Å². The Labute approximate surface area is 142 Å². The molecule has 116 valence electrons. The maximum atomic E-state index is 12.0. The van der Waals surface area contributed by atoms with Crippen LogP contribution < -0.4 is 5.32 Å². The largest absolute Gasteiger partial charge is 0.325 e. The molecule has 1 amide bonds. The summed E-state index contributed by atoms with van der Waals surface area (Å²) in [6, 6.07) is 7.50. The average Bonchev–Trinajstić information content (AvgIpc) is 2.88. The predicted octanol–water partition coefficient (Wildman–Crippen LogP) is 3.52. The lowest BCUT2D eigenvalue weighted by Crippen LogP contribution is -2.14. The number of hydrogen-bond acceptors (Lipinski definition) is 4. The number of carbonyl (C=O) groups excluding carboxylic acids is 1. The van der Waals surface area contributed by atoms with E-state index in [1.54, 1.807) is 6.08 Å². The Morgan fingerprint density at radius 1 is 1.50 bits per heavy atom. The summed E-state index contributed by atoms with van der Waals surface area (Å²) < 4.78 is 2.90. The van der Waals surface area contributed by atoms with E-state index in [0.717, 1.165) is 27.6 Å². The Kier molecular flexibility index (Phi) is 6.21. The minimum absolute atomic E-state index is 0.0747. The van der Waals surface area contributed by atoms with Gasteiger partial charge in [-0.15, -0.1) is 16.8 Å². The van der Waals surface area contributed by atoms with Gasteiger partial charge in [-0.2, -0.15) is 0 Å². The van der Waals surface area contributed by atoms with Crippen LogP contribution in [0.3, 0.4) is 0 Å². The lowest BCUT2D eigenvalue weighted by atomic mass is 10.3. The van der Waals surface area contributed by atoms with Crippen LogP contribution in [0.25, 0.3) is 0 Å². The third-order valence-electron chi connectivity index (χ3n) is 2.86. The molecule has 1 aromatic carbocycles. The third-order valence-corrected chi connectivity index (χ3v) is 4.32. The van der Waals surface area contributed by atoms with Gasteiger partial charge in [-0.1, -0.05) is 46.8 Å². The van der Waals surface area contributed by atoms with Gasteiger partial charge in [-0.3, -0.25) is 4.79 Å². The van der Waals surface area contributed by atoms with Crippen LogP contribution in [-0.4, -0.2) is 26.4 Å². The number of aromatic nitrogens is 3. The van der Waals surface area contributed by atoms with Crippen molar-refractivity contribution in [2.45, 2.75) is 25.0 Å². The summed E-state index contributed by atoms with van der Waals surface area (Å²) in [7, 11) is 0. The highest BCUT2D eigenvalue weighted by Crippen LogP contribution is 2.19. The molecule has 7 heteroatoms. The number of anilines is 1. The molecule has 0 saturated heterocycles. The Balaban J connectivity index is 1.96. The zero-order chi connectivity index (χ0) is 15.9. The van der Waals surface area contributed by atoms with Crippen LogP contribution in [0.5, 0.6) is 0 Å². The Bertz CT molecular complexity index is 671. The van der Waals surface area contributed by atoms with Gasteiger partial charge in [-0.05, 0) is 18.2 Å². The maximum Gasteiger partial charge on any atom is 0.234 e. The lowest BCUT2D eigenvalue weighted by molar-refractivity contribution is -0.113. The number of aryl methyl sites for hydroxylation is 1. The second-order valence-electron chi connectivity index (χ2n) is 4.50. The molecular formula is C15H17BrN4OS.